The number of nitrogens with zero attached hydrogens (tertiary/aromatic N) is 2. The fourth-order valence-electron chi connectivity index (χ4n) is 3.84. The zero-order valence-corrected chi connectivity index (χ0v) is 13.9. The summed E-state index contributed by atoms with van der Waals surface area (Å²) in [7, 11) is -3.65. The van der Waals surface area contributed by atoms with Crippen molar-refractivity contribution < 1.29 is 18.3 Å². The van der Waals surface area contributed by atoms with Gasteiger partial charge in [-0.2, -0.15) is 17.0 Å². The molecule has 2 aliphatic heterocycles. The highest BCUT2D eigenvalue weighted by atomic mass is 32.2. The number of aliphatic carboxylic acids is 1. The highest BCUT2D eigenvalue weighted by molar-refractivity contribution is 7.86. The van der Waals surface area contributed by atoms with Crippen molar-refractivity contribution in [2.75, 3.05) is 6.54 Å². The van der Waals surface area contributed by atoms with Crippen molar-refractivity contribution in [3.8, 4) is 0 Å². The molecule has 2 bridgehead atoms. The van der Waals surface area contributed by atoms with Crippen LogP contribution >= 0.6 is 0 Å². The zero-order chi connectivity index (χ0) is 16.6. The number of carbonyl (C=O) groups is 1. The van der Waals surface area contributed by atoms with Crippen molar-refractivity contribution in [2.24, 2.45) is 5.92 Å². The Kier molecular flexibility index (Phi) is 4.44. The molecule has 3 unspecified atom stereocenters. The van der Waals surface area contributed by atoms with Crippen LogP contribution in [0, 0.1) is 5.92 Å². The third kappa shape index (κ3) is 2.88. The average Bonchev–Trinajstić information content (AvgIpc) is 3.12. The van der Waals surface area contributed by atoms with E-state index < -0.39 is 28.1 Å². The first-order valence-corrected chi connectivity index (χ1v) is 9.40. The summed E-state index contributed by atoms with van der Waals surface area (Å²) in [5.74, 6) is -1.46. The van der Waals surface area contributed by atoms with Gasteiger partial charge in [0.1, 0.15) is 0 Å². The van der Waals surface area contributed by atoms with Gasteiger partial charge in [-0.3, -0.25) is 4.79 Å². The van der Waals surface area contributed by atoms with Gasteiger partial charge in [-0.1, -0.05) is 37.3 Å². The van der Waals surface area contributed by atoms with E-state index in [1.54, 1.807) is 0 Å². The lowest BCUT2D eigenvalue weighted by Crippen LogP contribution is -2.46. The van der Waals surface area contributed by atoms with Crippen LogP contribution in [-0.4, -0.2) is 46.7 Å². The van der Waals surface area contributed by atoms with Gasteiger partial charge in [-0.25, -0.2) is 0 Å². The number of benzene rings is 1. The van der Waals surface area contributed by atoms with Gasteiger partial charge in [0, 0.05) is 25.2 Å². The second-order valence-electron chi connectivity index (χ2n) is 6.23. The summed E-state index contributed by atoms with van der Waals surface area (Å²) < 4.78 is 29.0. The second-order valence-corrected chi connectivity index (χ2v) is 8.06. The van der Waals surface area contributed by atoms with Gasteiger partial charge in [0.25, 0.3) is 10.2 Å². The number of fused-ring (bicyclic) bond motifs is 2. The quantitative estimate of drug-likeness (QED) is 0.856. The van der Waals surface area contributed by atoms with Crippen LogP contribution in [-0.2, 0) is 21.5 Å². The maximum Gasteiger partial charge on any atom is 0.308 e. The third-order valence-corrected chi connectivity index (χ3v) is 7.08. The summed E-state index contributed by atoms with van der Waals surface area (Å²) in [6.45, 7) is 2.49. The van der Waals surface area contributed by atoms with Crippen LogP contribution in [0.5, 0.6) is 0 Å². The zero-order valence-electron chi connectivity index (χ0n) is 13.1. The van der Waals surface area contributed by atoms with Gasteiger partial charge in [0.05, 0.1) is 5.92 Å². The van der Waals surface area contributed by atoms with Gasteiger partial charge in [0.15, 0.2) is 0 Å². The van der Waals surface area contributed by atoms with Crippen molar-refractivity contribution in [1.82, 2.24) is 8.61 Å². The topological polar surface area (TPSA) is 77.9 Å². The van der Waals surface area contributed by atoms with Crippen molar-refractivity contribution in [3.05, 3.63) is 35.9 Å². The fourth-order valence-corrected chi connectivity index (χ4v) is 5.91. The van der Waals surface area contributed by atoms with Gasteiger partial charge >= 0.3 is 5.97 Å². The predicted molar refractivity (Wildman–Crippen MR) is 85.8 cm³/mol. The minimum Gasteiger partial charge on any atom is -0.481 e. The van der Waals surface area contributed by atoms with Gasteiger partial charge in [0.2, 0.25) is 0 Å². The lowest BCUT2D eigenvalue weighted by molar-refractivity contribution is -0.142. The number of carboxylic acid groups (broad SMARTS) is 1. The minimum absolute atomic E-state index is 0.170. The largest absolute Gasteiger partial charge is 0.481 e. The van der Waals surface area contributed by atoms with E-state index in [4.69, 9.17) is 0 Å². The second kappa shape index (κ2) is 6.22. The van der Waals surface area contributed by atoms with E-state index in [0.717, 1.165) is 12.0 Å². The molecule has 2 fully saturated rings. The lowest BCUT2D eigenvalue weighted by Gasteiger charge is -2.29. The predicted octanol–water partition coefficient (Wildman–Crippen LogP) is 1.69. The Morgan fingerprint density at radius 1 is 1.30 bits per heavy atom. The molecular weight excluding hydrogens is 316 g/mol. The monoisotopic (exact) mass is 338 g/mol. The standard InChI is InChI=1S/C16H22N2O4S/c1-2-17(11-12-6-4-3-5-7-12)23(21,22)18-13-8-9-15(18)14(10-13)16(19)20/h3-7,13-15H,2,8-11H2,1H3,(H,19,20). The maximum atomic E-state index is 13.1. The first-order chi connectivity index (χ1) is 10.9. The van der Waals surface area contributed by atoms with E-state index >= 15 is 0 Å². The highest BCUT2D eigenvalue weighted by Gasteiger charge is 2.55. The Bertz CT molecular complexity index is 677. The summed E-state index contributed by atoms with van der Waals surface area (Å²) in [4.78, 5) is 11.4. The van der Waals surface area contributed by atoms with E-state index in [0.29, 0.717) is 25.9 Å². The smallest absolute Gasteiger partial charge is 0.308 e. The molecule has 0 aromatic heterocycles. The van der Waals surface area contributed by atoms with Crippen LogP contribution < -0.4 is 0 Å². The molecule has 7 heteroatoms. The summed E-state index contributed by atoms with van der Waals surface area (Å²) in [6, 6.07) is 8.90. The number of rotatable bonds is 6. The molecule has 0 spiro atoms. The molecule has 0 radical (unpaired) electrons. The van der Waals surface area contributed by atoms with E-state index in [9.17, 15) is 18.3 Å². The van der Waals surface area contributed by atoms with Crippen molar-refractivity contribution in [3.63, 3.8) is 0 Å². The molecule has 2 saturated heterocycles. The fraction of sp³-hybridized carbons (Fsp3) is 0.562. The Labute approximate surface area is 136 Å². The maximum absolute atomic E-state index is 13.1. The molecule has 126 valence electrons. The minimum atomic E-state index is -3.65. The van der Waals surface area contributed by atoms with E-state index in [1.807, 2.05) is 37.3 Å². The first-order valence-electron chi connectivity index (χ1n) is 8.00. The van der Waals surface area contributed by atoms with Gasteiger partial charge in [-0.05, 0) is 24.8 Å². The Balaban J connectivity index is 1.84. The molecule has 0 amide bonds. The summed E-state index contributed by atoms with van der Waals surface area (Å²) >= 11 is 0. The molecule has 0 saturated carbocycles. The van der Waals surface area contributed by atoms with E-state index in [1.165, 1.54) is 8.61 Å². The first kappa shape index (κ1) is 16.4. The normalized spacial score (nSPS) is 27.7. The molecule has 23 heavy (non-hydrogen) atoms. The molecule has 6 nitrogen and oxygen atoms in total. The number of hydrogen-bond donors (Lipinski definition) is 1. The SMILES string of the molecule is CCN(Cc1ccccc1)S(=O)(=O)N1C2CCC1C(C(=O)O)C2. The summed E-state index contributed by atoms with van der Waals surface area (Å²) in [6.07, 6.45) is 1.84. The molecule has 1 aromatic rings. The Morgan fingerprint density at radius 2 is 2.00 bits per heavy atom. The lowest BCUT2D eigenvalue weighted by atomic mass is 9.89. The summed E-state index contributed by atoms with van der Waals surface area (Å²) in [5, 5.41) is 9.31. The Morgan fingerprint density at radius 3 is 2.57 bits per heavy atom. The number of carboxylic acids is 1. The van der Waals surface area contributed by atoms with E-state index in [2.05, 4.69) is 0 Å². The molecule has 3 atom stereocenters. The highest BCUT2D eigenvalue weighted by Crippen LogP contribution is 2.44. The van der Waals surface area contributed by atoms with Crippen LogP contribution in [0.15, 0.2) is 30.3 Å². The number of hydrogen-bond acceptors (Lipinski definition) is 3. The third-order valence-electron chi connectivity index (χ3n) is 4.94. The molecular formula is C16H22N2O4S. The molecule has 2 heterocycles. The Hall–Kier alpha value is -1.44. The van der Waals surface area contributed by atoms with Crippen LogP contribution in [0.2, 0.25) is 0 Å². The van der Waals surface area contributed by atoms with Crippen LogP contribution in [0.4, 0.5) is 0 Å². The molecule has 1 N–H and O–H groups in total. The average molecular weight is 338 g/mol. The van der Waals surface area contributed by atoms with Crippen molar-refractivity contribution in [1.29, 1.82) is 0 Å². The molecule has 0 aliphatic carbocycles. The van der Waals surface area contributed by atoms with Gasteiger partial charge in [-0.15, -0.1) is 0 Å². The van der Waals surface area contributed by atoms with E-state index in [-0.39, 0.29) is 6.04 Å². The summed E-state index contributed by atoms with van der Waals surface area (Å²) in [5.41, 5.74) is 0.930. The van der Waals surface area contributed by atoms with Crippen LogP contribution in [0.1, 0.15) is 31.7 Å². The van der Waals surface area contributed by atoms with Gasteiger partial charge < -0.3 is 5.11 Å². The molecule has 3 rings (SSSR count). The molecule has 1 aromatic carbocycles. The van der Waals surface area contributed by atoms with Crippen LogP contribution in [0.3, 0.4) is 0 Å². The van der Waals surface area contributed by atoms with Crippen molar-refractivity contribution in [2.45, 2.75) is 44.8 Å². The van der Waals surface area contributed by atoms with Crippen molar-refractivity contribution >= 4 is 16.2 Å². The van der Waals surface area contributed by atoms with Crippen LogP contribution in [0.25, 0.3) is 0 Å². The molecule has 2 aliphatic rings.